The van der Waals surface area contributed by atoms with Gasteiger partial charge in [-0.15, -0.1) is 0 Å². The lowest BCUT2D eigenvalue weighted by atomic mass is 10.1. The minimum Gasteiger partial charge on any atom is -0.494 e. The standard InChI is InChI=1S/C28H35N3O5/c1-6-34-23-17-20(18-24(35-7-2)27(23)36-8-3)28(32)31-14-12-30(13-15-31)25-16-19(4)21-10-9-11-22(33-5)26(21)29-25/h9-11,16-18H,6-8,12-15H2,1-5H3. The van der Waals surface area contributed by atoms with Gasteiger partial charge in [0.15, 0.2) is 11.5 Å². The molecule has 36 heavy (non-hydrogen) atoms. The largest absolute Gasteiger partial charge is 0.494 e. The van der Waals surface area contributed by atoms with Crippen molar-refractivity contribution in [3.05, 3.63) is 47.5 Å². The van der Waals surface area contributed by atoms with Gasteiger partial charge in [0.2, 0.25) is 5.75 Å². The first-order valence-electron chi connectivity index (χ1n) is 12.6. The van der Waals surface area contributed by atoms with E-state index in [-0.39, 0.29) is 5.91 Å². The first-order chi connectivity index (χ1) is 17.5. The van der Waals surface area contributed by atoms with Gasteiger partial charge in [0.25, 0.3) is 5.91 Å². The van der Waals surface area contributed by atoms with E-state index in [4.69, 9.17) is 23.9 Å². The van der Waals surface area contributed by atoms with Crippen LogP contribution in [0.2, 0.25) is 0 Å². The molecular formula is C28H35N3O5. The van der Waals surface area contributed by atoms with Crippen LogP contribution in [0.3, 0.4) is 0 Å². The second-order valence-corrected chi connectivity index (χ2v) is 8.53. The number of pyridine rings is 1. The number of amides is 1. The number of methoxy groups -OCH3 is 1. The molecule has 0 bridgehead atoms. The van der Waals surface area contributed by atoms with Crippen molar-refractivity contribution in [3.63, 3.8) is 0 Å². The second kappa shape index (κ2) is 11.4. The number of benzene rings is 2. The summed E-state index contributed by atoms with van der Waals surface area (Å²) >= 11 is 0. The Kier molecular flexibility index (Phi) is 8.03. The minimum atomic E-state index is -0.0519. The molecule has 192 valence electrons. The lowest BCUT2D eigenvalue weighted by Crippen LogP contribution is -2.49. The molecule has 3 aromatic rings. The number of nitrogens with zero attached hydrogens (tertiary/aromatic N) is 3. The fourth-order valence-electron chi connectivity index (χ4n) is 4.53. The summed E-state index contributed by atoms with van der Waals surface area (Å²) in [7, 11) is 1.66. The number of aryl methyl sites for hydroxylation is 1. The summed E-state index contributed by atoms with van der Waals surface area (Å²) < 4.78 is 22.9. The van der Waals surface area contributed by atoms with Crippen LogP contribution < -0.4 is 23.8 Å². The van der Waals surface area contributed by atoms with Crippen LogP contribution in [0.15, 0.2) is 36.4 Å². The molecule has 1 saturated heterocycles. The average Bonchev–Trinajstić information content (AvgIpc) is 2.90. The Morgan fingerprint density at radius 3 is 2.11 bits per heavy atom. The van der Waals surface area contributed by atoms with Crippen LogP contribution >= 0.6 is 0 Å². The normalized spacial score (nSPS) is 13.6. The van der Waals surface area contributed by atoms with Crippen molar-refractivity contribution in [2.75, 3.05) is 58.0 Å². The molecule has 0 radical (unpaired) electrons. The zero-order chi connectivity index (χ0) is 25.7. The van der Waals surface area contributed by atoms with Gasteiger partial charge in [-0.3, -0.25) is 4.79 Å². The molecule has 1 aliphatic heterocycles. The lowest BCUT2D eigenvalue weighted by Gasteiger charge is -2.36. The van der Waals surface area contributed by atoms with Gasteiger partial charge in [0.05, 0.1) is 26.9 Å². The van der Waals surface area contributed by atoms with E-state index in [1.807, 2.05) is 37.8 Å². The van der Waals surface area contributed by atoms with E-state index in [2.05, 4.69) is 24.0 Å². The molecule has 1 aliphatic rings. The number of piperazine rings is 1. The number of para-hydroxylation sites is 1. The molecule has 2 aromatic carbocycles. The fourth-order valence-corrected chi connectivity index (χ4v) is 4.53. The van der Waals surface area contributed by atoms with Crippen molar-refractivity contribution in [2.24, 2.45) is 0 Å². The van der Waals surface area contributed by atoms with E-state index in [0.29, 0.717) is 68.8 Å². The number of aromatic nitrogens is 1. The molecule has 0 aliphatic carbocycles. The topological polar surface area (TPSA) is 73.4 Å². The molecule has 8 heteroatoms. The van der Waals surface area contributed by atoms with Crippen molar-refractivity contribution in [1.82, 2.24) is 9.88 Å². The molecule has 1 amide bonds. The zero-order valence-electron chi connectivity index (χ0n) is 21.8. The summed E-state index contributed by atoms with van der Waals surface area (Å²) in [5.41, 5.74) is 2.53. The Morgan fingerprint density at radius 2 is 1.53 bits per heavy atom. The van der Waals surface area contributed by atoms with E-state index in [0.717, 1.165) is 28.0 Å². The summed E-state index contributed by atoms with van der Waals surface area (Å²) in [6.45, 7) is 11.8. The molecule has 0 saturated carbocycles. The molecule has 2 heterocycles. The third-order valence-electron chi connectivity index (χ3n) is 6.26. The summed E-state index contributed by atoms with van der Waals surface area (Å²) in [4.78, 5) is 22.4. The smallest absolute Gasteiger partial charge is 0.254 e. The minimum absolute atomic E-state index is 0.0519. The number of carbonyl (C=O) groups excluding carboxylic acids is 1. The first kappa shape index (κ1) is 25.4. The SMILES string of the molecule is CCOc1cc(C(=O)N2CCN(c3cc(C)c4cccc(OC)c4n3)CC2)cc(OCC)c1OCC. The monoisotopic (exact) mass is 493 g/mol. The summed E-state index contributed by atoms with van der Waals surface area (Å²) in [6, 6.07) is 11.6. The van der Waals surface area contributed by atoms with E-state index in [1.54, 1.807) is 19.2 Å². The molecule has 1 fully saturated rings. The number of hydrogen-bond donors (Lipinski definition) is 0. The predicted molar refractivity (Wildman–Crippen MR) is 141 cm³/mol. The summed E-state index contributed by atoms with van der Waals surface area (Å²) in [6.07, 6.45) is 0. The number of hydrogen-bond acceptors (Lipinski definition) is 7. The highest BCUT2D eigenvalue weighted by molar-refractivity contribution is 5.96. The fraction of sp³-hybridized carbons (Fsp3) is 0.429. The number of rotatable bonds is 9. The zero-order valence-corrected chi connectivity index (χ0v) is 21.8. The quantitative estimate of drug-likeness (QED) is 0.427. The molecule has 0 spiro atoms. The Morgan fingerprint density at radius 1 is 0.889 bits per heavy atom. The van der Waals surface area contributed by atoms with Crippen LogP contribution in [0.1, 0.15) is 36.7 Å². The average molecular weight is 494 g/mol. The van der Waals surface area contributed by atoms with Crippen molar-refractivity contribution in [1.29, 1.82) is 0 Å². The van der Waals surface area contributed by atoms with Gasteiger partial charge in [-0.05, 0) is 57.5 Å². The van der Waals surface area contributed by atoms with Gasteiger partial charge in [0.1, 0.15) is 17.1 Å². The van der Waals surface area contributed by atoms with Crippen LogP contribution in [0.5, 0.6) is 23.0 Å². The summed E-state index contributed by atoms with van der Waals surface area (Å²) in [5.74, 6) is 3.20. The number of fused-ring (bicyclic) bond motifs is 1. The molecule has 8 nitrogen and oxygen atoms in total. The number of anilines is 1. The van der Waals surface area contributed by atoms with Gasteiger partial charge < -0.3 is 28.7 Å². The van der Waals surface area contributed by atoms with E-state index in [9.17, 15) is 4.79 Å². The maximum Gasteiger partial charge on any atom is 0.254 e. The summed E-state index contributed by atoms with van der Waals surface area (Å²) in [5, 5.41) is 1.08. The van der Waals surface area contributed by atoms with Gasteiger partial charge in [-0.2, -0.15) is 0 Å². The molecule has 0 unspecified atom stereocenters. The van der Waals surface area contributed by atoms with E-state index in [1.165, 1.54) is 0 Å². The highest BCUT2D eigenvalue weighted by Gasteiger charge is 2.26. The first-order valence-corrected chi connectivity index (χ1v) is 12.6. The van der Waals surface area contributed by atoms with Gasteiger partial charge in [0, 0.05) is 37.1 Å². The van der Waals surface area contributed by atoms with Crippen molar-refractivity contribution >= 4 is 22.6 Å². The van der Waals surface area contributed by atoms with Crippen molar-refractivity contribution < 1.29 is 23.7 Å². The van der Waals surface area contributed by atoms with E-state index >= 15 is 0 Å². The van der Waals surface area contributed by atoms with Crippen molar-refractivity contribution in [3.8, 4) is 23.0 Å². The Labute approximate surface area is 212 Å². The van der Waals surface area contributed by atoms with Crippen LogP contribution in [-0.2, 0) is 0 Å². The third-order valence-corrected chi connectivity index (χ3v) is 6.26. The second-order valence-electron chi connectivity index (χ2n) is 8.53. The lowest BCUT2D eigenvalue weighted by molar-refractivity contribution is 0.0745. The highest BCUT2D eigenvalue weighted by Crippen LogP contribution is 2.39. The maximum atomic E-state index is 13.5. The van der Waals surface area contributed by atoms with Crippen LogP contribution in [0, 0.1) is 6.92 Å². The molecule has 0 atom stereocenters. The predicted octanol–water partition coefficient (Wildman–Crippen LogP) is 4.71. The number of ether oxygens (including phenoxy) is 4. The van der Waals surface area contributed by atoms with Crippen LogP contribution in [0.4, 0.5) is 5.82 Å². The maximum absolute atomic E-state index is 13.5. The third kappa shape index (κ3) is 5.12. The Bertz CT molecular complexity index is 1190. The Hall–Kier alpha value is -3.68. The highest BCUT2D eigenvalue weighted by atomic mass is 16.5. The van der Waals surface area contributed by atoms with E-state index < -0.39 is 0 Å². The molecule has 4 rings (SSSR count). The van der Waals surface area contributed by atoms with Crippen molar-refractivity contribution in [2.45, 2.75) is 27.7 Å². The van der Waals surface area contributed by atoms with Crippen LogP contribution in [-0.4, -0.2) is 68.9 Å². The molecule has 1 aromatic heterocycles. The van der Waals surface area contributed by atoms with Crippen LogP contribution in [0.25, 0.3) is 10.9 Å². The van der Waals surface area contributed by atoms with Gasteiger partial charge in [-0.1, -0.05) is 12.1 Å². The Balaban J connectivity index is 1.54. The molecule has 0 N–H and O–H groups in total. The number of carbonyl (C=O) groups is 1. The molecular weight excluding hydrogens is 458 g/mol. The van der Waals surface area contributed by atoms with Gasteiger partial charge in [-0.25, -0.2) is 4.98 Å². The van der Waals surface area contributed by atoms with Gasteiger partial charge >= 0.3 is 0 Å².